The Morgan fingerprint density at radius 1 is 1.41 bits per heavy atom. The van der Waals surface area contributed by atoms with Crippen LogP contribution in [0, 0.1) is 5.92 Å². The zero-order valence-corrected chi connectivity index (χ0v) is 11.6. The first-order chi connectivity index (χ1) is 8.34. The second kappa shape index (κ2) is 7.14. The van der Waals surface area contributed by atoms with Gasteiger partial charge in [0.05, 0.1) is 0 Å². The number of nitrogens with one attached hydrogen (secondary N) is 1. The maximum Gasteiger partial charge on any atom is 0.00578 e. The van der Waals surface area contributed by atoms with Crippen LogP contribution in [0.5, 0.6) is 0 Å². The quantitative estimate of drug-likeness (QED) is 0.751. The molecule has 2 nitrogen and oxygen atoms in total. The summed E-state index contributed by atoms with van der Waals surface area (Å²) in [5.74, 6) is 0.774. The first kappa shape index (κ1) is 13.1. The molecule has 1 unspecified atom stereocenters. The highest BCUT2D eigenvalue weighted by Gasteiger charge is 2.13. The summed E-state index contributed by atoms with van der Waals surface area (Å²) in [5.41, 5.74) is 0. The minimum absolute atomic E-state index is 0.774. The maximum absolute atomic E-state index is 3.58. The van der Waals surface area contributed by atoms with Crippen LogP contribution >= 0.6 is 11.3 Å². The van der Waals surface area contributed by atoms with Gasteiger partial charge in [-0.1, -0.05) is 13.0 Å². The van der Waals surface area contributed by atoms with E-state index < -0.39 is 0 Å². The van der Waals surface area contributed by atoms with Gasteiger partial charge < -0.3 is 10.2 Å². The van der Waals surface area contributed by atoms with Gasteiger partial charge in [-0.25, -0.2) is 0 Å². The minimum Gasteiger partial charge on any atom is -0.316 e. The van der Waals surface area contributed by atoms with Crippen molar-refractivity contribution in [2.75, 3.05) is 32.7 Å². The van der Waals surface area contributed by atoms with Crippen molar-refractivity contribution in [2.45, 2.75) is 26.2 Å². The third-order valence-electron chi connectivity index (χ3n) is 3.39. The molecule has 3 heteroatoms. The fourth-order valence-electron chi connectivity index (χ4n) is 2.49. The van der Waals surface area contributed by atoms with Crippen molar-refractivity contribution in [3.63, 3.8) is 0 Å². The van der Waals surface area contributed by atoms with E-state index in [4.69, 9.17) is 0 Å². The van der Waals surface area contributed by atoms with Crippen molar-refractivity contribution < 1.29 is 0 Å². The number of hydrogen-bond acceptors (Lipinski definition) is 3. The zero-order chi connectivity index (χ0) is 11.9. The van der Waals surface area contributed by atoms with E-state index in [1.54, 1.807) is 0 Å². The summed E-state index contributed by atoms with van der Waals surface area (Å²) >= 11 is 1.86. The number of hydrogen-bond donors (Lipinski definition) is 1. The van der Waals surface area contributed by atoms with Crippen LogP contribution in [-0.4, -0.2) is 37.6 Å². The highest BCUT2D eigenvalue weighted by atomic mass is 32.1. The lowest BCUT2D eigenvalue weighted by molar-refractivity contribution is 0.283. The summed E-state index contributed by atoms with van der Waals surface area (Å²) in [6.07, 6.45) is 3.98. The molecule has 1 aliphatic heterocycles. The topological polar surface area (TPSA) is 15.3 Å². The fraction of sp³-hybridized carbons (Fsp3) is 0.714. The van der Waals surface area contributed by atoms with Gasteiger partial charge in [0.25, 0.3) is 0 Å². The predicted octanol–water partition coefficient (Wildman–Crippen LogP) is 2.61. The number of thiophene rings is 1. The Labute approximate surface area is 109 Å². The van der Waals surface area contributed by atoms with E-state index in [9.17, 15) is 0 Å². The molecule has 0 aliphatic carbocycles. The van der Waals surface area contributed by atoms with Crippen molar-refractivity contribution in [1.82, 2.24) is 10.2 Å². The van der Waals surface area contributed by atoms with E-state index in [2.05, 4.69) is 34.7 Å². The Morgan fingerprint density at radius 3 is 2.94 bits per heavy atom. The van der Waals surface area contributed by atoms with Crippen molar-refractivity contribution in [1.29, 1.82) is 0 Å². The molecule has 1 fully saturated rings. The molecule has 0 bridgehead atoms. The van der Waals surface area contributed by atoms with Crippen molar-refractivity contribution in [2.24, 2.45) is 5.92 Å². The van der Waals surface area contributed by atoms with Crippen molar-refractivity contribution in [3.05, 3.63) is 22.4 Å². The Kier molecular flexibility index (Phi) is 5.49. The largest absolute Gasteiger partial charge is 0.316 e. The van der Waals surface area contributed by atoms with Gasteiger partial charge in [0.15, 0.2) is 0 Å². The van der Waals surface area contributed by atoms with E-state index in [1.165, 1.54) is 43.8 Å². The smallest absolute Gasteiger partial charge is 0.00578 e. The van der Waals surface area contributed by atoms with Crippen LogP contribution < -0.4 is 5.32 Å². The molecule has 1 aromatic heterocycles. The van der Waals surface area contributed by atoms with Crippen LogP contribution in [0.2, 0.25) is 0 Å². The molecular weight excluding hydrogens is 228 g/mol. The predicted molar refractivity (Wildman–Crippen MR) is 75.7 cm³/mol. The molecule has 0 saturated carbocycles. The lowest BCUT2D eigenvalue weighted by atomic mass is 10.1. The Balaban J connectivity index is 1.52. The van der Waals surface area contributed by atoms with E-state index in [0.717, 1.165) is 19.0 Å². The van der Waals surface area contributed by atoms with E-state index >= 15 is 0 Å². The van der Waals surface area contributed by atoms with Crippen LogP contribution in [0.4, 0.5) is 0 Å². The minimum atomic E-state index is 0.774. The molecule has 2 heterocycles. The number of rotatable bonds is 7. The van der Waals surface area contributed by atoms with E-state index in [-0.39, 0.29) is 0 Å². The molecule has 1 aliphatic rings. The van der Waals surface area contributed by atoms with Crippen LogP contribution in [0.3, 0.4) is 0 Å². The molecule has 17 heavy (non-hydrogen) atoms. The first-order valence-electron chi connectivity index (χ1n) is 6.80. The summed E-state index contributed by atoms with van der Waals surface area (Å²) in [4.78, 5) is 4.09. The Bertz CT molecular complexity index is 291. The van der Waals surface area contributed by atoms with Gasteiger partial charge >= 0.3 is 0 Å². The second-order valence-electron chi connectivity index (χ2n) is 5.15. The van der Waals surface area contributed by atoms with Gasteiger partial charge in [0.1, 0.15) is 0 Å². The SMILES string of the molecule is CC(CNCCc1cccs1)CN1CCCC1. The van der Waals surface area contributed by atoms with Gasteiger partial charge in [-0.2, -0.15) is 0 Å². The lowest BCUT2D eigenvalue weighted by Gasteiger charge is -2.20. The average molecular weight is 252 g/mol. The summed E-state index contributed by atoms with van der Waals surface area (Å²) < 4.78 is 0. The van der Waals surface area contributed by atoms with E-state index in [0.29, 0.717) is 0 Å². The summed E-state index contributed by atoms with van der Waals surface area (Å²) in [6, 6.07) is 4.36. The molecule has 96 valence electrons. The molecular formula is C14H24N2S. The number of likely N-dealkylation sites (tertiary alicyclic amines) is 1. The molecule has 0 radical (unpaired) electrons. The number of nitrogens with zero attached hydrogens (tertiary/aromatic N) is 1. The third kappa shape index (κ3) is 4.78. The van der Waals surface area contributed by atoms with Crippen LogP contribution in [-0.2, 0) is 6.42 Å². The van der Waals surface area contributed by atoms with Crippen molar-refractivity contribution >= 4 is 11.3 Å². The van der Waals surface area contributed by atoms with Crippen molar-refractivity contribution in [3.8, 4) is 0 Å². The maximum atomic E-state index is 3.58. The molecule has 1 saturated heterocycles. The fourth-order valence-corrected chi connectivity index (χ4v) is 3.19. The molecule has 1 atom stereocenters. The van der Waals surface area contributed by atoms with Gasteiger partial charge in [-0.05, 0) is 62.8 Å². The summed E-state index contributed by atoms with van der Waals surface area (Å²) in [7, 11) is 0. The standard InChI is InChI=1S/C14H24N2S/c1-13(12-16-8-2-3-9-16)11-15-7-6-14-5-4-10-17-14/h4-5,10,13,15H,2-3,6-9,11-12H2,1H3. The average Bonchev–Trinajstić information content (AvgIpc) is 2.96. The molecule has 1 aromatic rings. The van der Waals surface area contributed by atoms with Crippen LogP contribution in [0.1, 0.15) is 24.6 Å². The summed E-state index contributed by atoms with van der Waals surface area (Å²) in [5, 5.41) is 5.74. The highest BCUT2D eigenvalue weighted by Crippen LogP contribution is 2.10. The van der Waals surface area contributed by atoms with Gasteiger partial charge in [0, 0.05) is 11.4 Å². The summed E-state index contributed by atoms with van der Waals surface area (Å²) in [6.45, 7) is 8.54. The molecule has 2 rings (SSSR count). The van der Waals surface area contributed by atoms with Gasteiger partial charge in [-0.15, -0.1) is 11.3 Å². The van der Waals surface area contributed by atoms with E-state index in [1.807, 2.05) is 11.3 Å². The molecule has 0 aromatic carbocycles. The lowest BCUT2D eigenvalue weighted by Crippen LogP contribution is -2.32. The third-order valence-corrected chi connectivity index (χ3v) is 4.33. The normalized spacial score (nSPS) is 18.6. The zero-order valence-electron chi connectivity index (χ0n) is 10.8. The van der Waals surface area contributed by atoms with Gasteiger partial charge in [0.2, 0.25) is 0 Å². The Morgan fingerprint density at radius 2 is 2.24 bits per heavy atom. The first-order valence-corrected chi connectivity index (χ1v) is 7.68. The molecule has 0 amide bonds. The second-order valence-corrected chi connectivity index (χ2v) is 6.18. The van der Waals surface area contributed by atoms with Crippen LogP contribution in [0.15, 0.2) is 17.5 Å². The van der Waals surface area contributed by atoms with Crippen LogP contribution in [0.25, 0.3) is 0 Å². The highest BCUT2D eigenvalue weighted by molar-refractivity contribution is 7.09. The molecule has 0 spiro atoms. The van der Waals surface area contributed by atoms with Gasteiger partial charge in [-0.3, -0.25) is 0 Å². The molecule has 1 N–H and O–H groups in total. The monoisotopic (exact) mass is 252 g/mol. The Hall–Kier alpha value is -0.380.